The summed E-state index contributed by atoms with van der Waals surface area (Å²) in [4.78, 5) is 30.7. The van der Waals surface area contributed by atoms with Crippen LogP contribution in [0.2, 0.25) is 0 Å². The fraction of sp³-hybridized carbons (Fsp3) is 0. The monoisotopic (exact) mass is 316 g/mol. The number of benzene rings is 2. The molecule has 0 saturated heterocycles. The highest BCUT2D eigenvalue weighted by Gasteiger charge is 2.12. The molecule has 6 nitrogen and oxygen atoms in total. The molecule has 1 N–H and O–H groups in total. The molecule has 0 fully saturated rings. The molecule has 6 heteroatoms. The molecule has 0 atom stereocenters. The molecule has 0 amide bonds. The van der Waals surface area contributed by atoms with Crippen molar-refractivity contribution in [3.05, 3.63) is 88.7 Å². The van der Waals surface area contributed by atoms with Gasteiger partial charge in [-0.05, 0) is 5.56 Å². The number of hydrogen-bond acceptors (Lipinski definition) is 4. The van der Waals surface area contributed by atoms with Crippen LogP contribution in [0, 0.1) is 0 Å². The molecule has 24 heavy (non-hydrogen) atoms. The van der Waals surface area contributed by atoms with Gasteiger partial charge in [-0.25, -0.2) is 9.78 Å². The van der Waals surface area contributed by atoms with Crippen molar-refractivity contribution in [2.75, 3.05) is 0 Å². The highest BCUT2D eigenvalue weighted by atomic mass is 16.1. The van der Waals surface area contributed by atoms with Crippen molar-refractivity contribution in [1.29, 1.82) is 0 Å². The maximum absolute atomic E-state index is 12.4. The van der Waals surface area contributed by atoms with Crippen LogP contribution < -0.4 is 5.69 Å². The maximum Gasteiger partial charge on any atom is 0.349 e. The van der Waals surface area contributed by atoms with Crippen LogP contribution in [0.5, 0.6) is 0 Å². The lowest BCUT2D eigenvalue weighted by atomic mass is 10.0. The number of ketones is 1. The van der Waals surface area contributed by atoms with Crippen LogP contribution in [0.1, 0.15) is 15.9 Å². The maximum atomic E-state index is 12.4. The molecule has 2 aromatic carbocycles. The molecule has 2 heterocycles. The van der Waals surface area contributed by atoms with Crippen molar-refractivity contribution >= 4 is 11.4 Å². The molecule has 2 aromatic heterocycles. The Hall–Kier alpha value is -3.54. The zero-order valence-corrected chi connectivity index (χ0v) is 12.5. The van der Waals surface area contributed by atoms with Gasteiger partial charge in [0.1, 0.15) is 0 Å². The molecule has 0 aliphatic heterocycles. The average Bonchev–Trinajstić information content (AvgIpc) is 3.07. The van der Waals surface area contributed by atoms with Gasteiger partial charge in [0.05, 0.1) is 12.5 Å². The van der Waals surface area contributed by atoms with Crippen molar-refractivity contribution in [3.63, 3.8) is 0 Å². The smallest absolute Gasteiger partial charge is 0.296 e. The summed E-state index contributed by atoms with van der Waals surface area (Å²) < 4.78 is 1.21. The molecular formula is C18H12N4O2. The van der Waals surface area contributed by atoms with Gasteiger partial charge in [0.2, 0.25) is 0 Å². The summed E-state index contributed by atoms with van der Waals surface area (Å²) in [6.45, 7) is 0. The third kappa shape index (κ3) is 2.30. The number of H-pyrrole nitrogens is 1. The Morgan fingerprint density at radius 3 is 2.42 bits per heavy atom. The highest BCUT2D eigenvalue weighted by molar-refractivity contribution is 6.09. The number of carbonyl (C=O) groups excluding carboxylic acids is 1. The largest absolute Gasteiger partial charge is 0.349 e. The summed E-state index contributed by atoms with van der Waals surface area (Å²) in [5.41, 5.74) is 2.96. The Morgan fingerprint density at radius 2 is 1.67 bits per heavy atom. The molecule has 0 spiro atoms. The van der Waals surface area contributed by atoms with Crippen molar-refractivity contribution in [3.8, 4) is 11.1 Å². The molecule has 0 aliphatic rings. The van der Waals surface area contributed by atoms with Crippen molar-refractivity contribution < 1.29 is 4.79 Å². The number of nitrogens with one attached hydrogen (secondary N) is 1. The summed E-state index contributed by atoms with van der Waals surface area (Å²) >= 11 is 0. The van der Waals surface area contributed by atoms with Crippen molar-refractivity contribution in [1.82, 2.24) is 19.6 Å². The van der Waals surface area contributed by atoms with Crippen LogP contribution in [0.4, 0.5) is 0 Å². The van der Waals surface area contributed by atoms with Crippen LogP contribution in [-0.4, -0.2) is 25.4 Å². The predicted octanol–water partition coefficient (Wildman–Crippen LogP) is 2.32. The van der Waals surface area contributed by atoms with E-state index >= 15 is 0 Å². The lowest BCUT2D eigenvalue weighted by Gasteiger charge is -2.03. The number of nitrogens with zero attached hydrogens (tertiary/aromatic N) is 3. The fourth-order valence-electron chi connectivity index (χ4n) is 2.59. The molecule has 0 radical (unpaired) electrons. The highest BCUT2D eigenvalue weighted by Crippen LogP contribution is 2.23. The Kier molecular flexibility index (Phi) is 3.28. The normalized spacial score (nSPS) is 10.8. The second-order valence-electron chi connectivity index (χ2n) is 5.27. The second-order valence-corrected chi connectivity index (χ2v) is 5.27. The first-order valence-electron chi connectivity index (χ1n) is 7.35. The van der Waals surface area contributed by atoms with Gasteiger partial charge >= 0.3 is 5.69 Å². The fourth-order valence-corrected chi connectivity index (χ4v) is 2.59. The van der Waals surface area contributed by atoms with Crippen LogP contribution in [0.25, 0.3) is 16.8 Å². The minimum atomic E-state index is -0.345. The lowest BCUT2D eigenvalue weighted by Crippen LogP contribution is -2.17. The predicted molar refractivity (Wildman–Crippen MR) is 88.9 cm³/mol. The van der Waals surface area contributed by atoms with Gasteiger partial charge < -0.3 is 0 Å². The van der Waals surface area contributed by atoms with Gasteiger partial charge in [-0.3, -0.25) is 9.78 Å². The van der Waals surface area contributed by atoms with Crippen molar-refractivity contribution in [2.45, 2.75) is 0 Å². The van der Waals surface area contributed by atoms with E-state index in [1.54, 1.807) is 30.5 Å². The third-order valence-corrected chi connectivity index (χ3v) is 3.81. The van der Waals surface area contributed by atoms with E-state index in [-0.39, 0.29) is 11.5 Å². The first kappa shape index (κ1) is 14.1. The standard InChI is InChI=1S/C18H12N4O2/c23-16(13-4-2-1-3-5-13)14-8-6-12(7-9-14)15-10-21-22-17(15)19-11-20-18(22)24/h1-11H,(H,19,20,24). The molecular weight excluding hydrogens is 304 g/mol. The third-order valence-electron chi connectivity index (χ3n) is 3.81. The van der Waals surface area contributed by atoms with Gasteiger partial charge in [-0.2, -0.15) is 9.61 Å². The summed E-state index contributed by atoms with van der Waals surface area (Å²) in [6, 6.07) is 16.3. The number of aromatic nitrogens is 4. The topological polar surface area (TPSA) is 80.1 Å². The lowest BCUT2D eigenvalue weighted by molar-refractivity contribution is 0.103. The second kappa shape index (κ2) is 5.58. The molecule has 116 valence electrons. The number of aromatic amines is 1. The molecule has 0 unspecified atom stereocenters. The first-order valence-corrected chi connectivity index (χ1v) is 7.35. The number of rotatable bonds is 3. The van der Waals surface area contributed by atoms with Crippen LogP contribution in [0.3, 0.4) is 0 Å². The van der Waals surface area contributed by atoms with E-state index in [1.165, 1.54) is 10.8 Å². The molecule has 0 aliphatic carbocycles. The zero-order chi connectivity index (χ0) is 16.5. The van der Waals surface area contributed by atoms with Crippen LogP contribution in [0.15, 0.2) is 71.9 Å². The van der Waals surface area contributed by atoms with Crippen LogP contribution in [-0.2, 0) is 0 Å². The number of carbonyl (C=O) groups is 1. The Balaban J connectivity index is 1.72. The van der Waals surface area contributed by atoms with Crippen LogP contribution >= 0.6 is 0 Å². The summed E-state index contributed by atoms with van der Waals surface area (Å²) in [5, 5.41) is 4.04. The Labute approximate surface area is 136 Å². The Morgan fingerprint density at radius 1 is 0.958 bits per heavy atom. The van der Waals surface area contributed by atoms with Gasteiger partial charge in [0.15, 0.2) is 11.4 Å². The quantitative estimate of drug-likeness (QED) is 0.588. The van der Waals surface area contributed by atoms with Crippen molar-refractivity contribution in [2.24, 2.45) is 0 Å². The minimum Gasteiger partial charge on any atom is -0.296 e. The van der Waals surface area contributed by atoms with Gasteiger partial charge in [0, 0.05) is 16.7 Å². The first-order chi connectivity index (χ1) is 11.7. The van der Waals surface area contributed by atoms with E-state index in [9.17, 15) is 9.59 Å². The summed E-state index contributed by atoms with van der Waals surface area (Å²) in [5.74, 6) is -0.0309. The van der Waals surface area contributed by atoms with E-state index in [0.29, 0.717) is 16.8 Å². The molecule has 0 bridgehead atoms. The number of hydrogen-bond donors (Lipinski definition) is 1. The van der Waals surface area contributed by atoms with E-state index in [1.807, 2.05) is 30.3 Å². The molecule has 4 rings (SSSR count). The summed E-state index contributed by atoms with van der Waals surface area (Å²) in [7, 11) is 0. The zero-order valence-electron chi connectivity index (χ0n) is 12.5. The van der Waals surface area contributed by atoms with E-state index in [2.05, 4.69) is 15.1 Å². The van der Waals surface area contributed by atoms with Gasteiger partial charge in [-0.15, -0.1) is 0 Å². The Bertz CT molecular complexity index is 1080. The van der Waals surface area contributed by atoms with E-state index < -0.39 is 0 Å². The SMILES string of the molecule is O=C(c1ccccc1)c1ccc(-c2cnn3c(=O)[nH]cnc23)cc1. The van der Waals surface area contributed by atoms with Gasteiger partial charge in [0.25, 0.3) is 0 Å². The van der Waals surface area contributed by atoms with E-state index in [0.717, 1.165) is 11.1 Å². The minimum absolute atomic E-state index is 0.0309. The molecule has 0 saturated carbocycles. The molecule has 4 aromatic rings. The van der Waals surface area contributed by atoms with Gasteiger partial charge in [-0.1, -0.05) is 54.6 Å². The summed E-state index contributed by atoms with van der Waals surface area (Å²) in [6.07, 6.45) is 2.93. The average molecular weight is 316 g/mol. The number of fused-ring (bicyclic) bond motifs is 1. The van der Waals surface area contributed by atoms with E-state index in [4.69, 9.17) is 0 Å².